The molecule has 0 radical (unpaired) electrons. The molecule has 2 N–H and O–H groups in total. The first-order valence-electron chi connectivity index (χ1n) is 5.49. The molecule has 1 heterocycles. The largest absolute Gasteiger partial charge is 0.354 e. The van der Waals surface area contributed by atoms with Crippen molar-refractivity contribution in [1.29, 1.82) is 0 Å². The molecule has 100 valence electrons. The van der Waals surface area contributed by atoms with Crippen LogP contribution in [0.4, 0.5) is 10.1 Å². The fraction of sp³-hybridized carbons (Fsp3) is 0.273. The summed E-state index contributed by atoms with van der Waals surface area (Å²) in [5.41, 5.74) is -0.833. The van der Waals surface area contributed by atoms with E-state index in [-0.39, 0.29) is 24.4 Å². The van der Waals surface area contributed by atoms with Crippen LogP contribution in [0, 0.1) is 15.9 Å². The summed E-state index contributed by atoms with van der Waals surface area (Å²) < 4.78 is 13.1. The third-order valence-electron chi connectivity index (χ3n) is 2.71. The van der Waals surface area contributed by atoms with Crippen molar-refractivity contribution in [3.05, 3.63) is 39.7 Å². The Kier molecular flexibility index (Phi) is 3.41. The van der Waals surface area contributed by atoms with Crippen molar-refractivity contribution in [3.63, 3.8) is 0 Å². The highest BCUT2D eigenvalue weighted by molar-refractivity contribution is 5.98. The van der Waals surface area contributed by atoms with E-state index in [1.165, 1.54) is 0 Å². The highest BCUT2D eigenvalue weighted by Gasteiger charge is 2.27. The van der Waals surface area contributed by atoms with Gasteiger partial charge in [0.2, 0.25) is 5.91 Å². The molecule has 0 bridgehead atoms. The maximum absolute atomic E-state index is 13.1. The molecule has 1 saturated heterocycles. The number of nitrogens with zero attached hydrogens (tertiary/aromatic N) is 1. The van der Waals surface area contributed by atoms with Gasteiger partial charge in [-0.05, 0) is 12.1 Å². The van der Waals surface area contributed by atoms with E-state index in [1.54, 1.807) is 0 Å². The fourth-order valence-electron chi connectivity index (χ4n) is 1.82. The van der Waals surface area contributed by atoms with Crippen LogP contribution >= 0.6 is 0 Å². The van der Waals surface area contributed by atoms with Gasteiger partial charge in [0.25, 0.3) is 11.6 Å². The number of amides is 2. The van der Waals surface area contributed by atoms with E-state index in [9.17, 15) is 24.1 Å². The van der Waals surface area contributed by atoms with Crippen LogP contribution in [0.3, 0.4) is 0 Å². The van der Waals surface area contributed by atoms with Gasteiger partial charge in [-0.25, -0.2) is 4.39 Å². The summed E-state index contributed by atoms with van der Waals surface area (Å²) in [4.78, 5) is 32.8. The predicted molar refractivity (Wildman–Crippen MR) is 61.9 cm³/mol. The third-order valence-corrected chi connectivity index (χ3v) is 2.71. The summed E-state index contributed by atoms with van der Waals surface area (Å²) in [6.07, 6.45) is 0.106. The number of hydrogen-bond acceptors (Lipinski definition) is 4. The van der Waals surface area contributed by atoms with E-state index >= 15 is 0 Å². The molecule has 1 aromatic rings. The van der Waals surface area contributed by atoms with E-state index < -0.39 is 28.4 Å². The van der Waals surface area contributed by atoms with Crippen LogP contribution in [0.5, 0.6) is 0 Å². The molecule has 7 nitrogen and oxygen atoms in total. The van der Waals surface area contributed by atoms with Crippen LogP contribution in [-0.2, 0) is 4.79 Å². The van der Waals surface area contributed by atoms with Gasteiger partial charge in [0, 0.05) is 19.0 Å². The topological polar surface area (TPSA) is 101 Å². The van der Waals surface area contributed by atoms with E-state index in [2.05, 4.69) is 10.6 Å². The molecule has 0 aliphatic carbocycles. The molecule has 0 spiro atoms. The molecule has 1 aliphatic rings. The number of nitro benzene ring substituents is 1. The van der Waals surface area contributed by atoms with Crippen LogP contribution in [-0.4, -0.2) is 29.3 Å². The molecular weight excluding hydrogens is 257 g/mol. The van der Waals surface area contributed by atoms with Gasteiger partial charge in [0.1, 0.15) is 11.4 Å². The zero-order valence-corrected chi connectivity index (χ0v) is 9.68. The van der Waals surface area contributed by atoms with Crippen molar-refractivity contribution in [1.82, 2.24) is 10.6 Å². The standard InChI is InChI=1S/C11H10FN3O4/c12-6-1-2-9(15(18)19)8(3-6)11(17)14-7-4-10(16)13-5-7/h1-3,7H,4-5H2,(H,13,16)(H,14,17). The number of carbonyl (C=O) groups excluding carboxylic acids is 2. The SMILES string of the molecule is O=C1CC(NC(=O)c2cc(F)ccc2[N+](=O)[O-])CN1. The Morgan fingerprint density at radius 1 is 1.53 bits per heavy atom. The normalized spacial score (nSPS) is 17.9. The van der Waals surface area contributed by atoms with Crippen LogP contribution < -0.4 is 10.6 Å². The fourth-order valence-corrected chi connectivity index (χ4v) is 1.82. The third kappa shape index (κ3) is 2.84. The Morgan fingerprint density at radius 3 is 2.84 bits per heavy atom. The monoisotopic (exact) mass is 267 g/mol. The lowest BCUT2D eigenvalue weighted by Gasteiger charge is -2.10. The molecule has 1 aliphatic heterocycles. The lowest BCUT2D eigenvalue weighted by molar-refractivity contribution is -0.385. The van der Waals surface area contributed by atoms with Crippen LogP contribution in [0.2, 0.25) is 0 Å². The summed E-state index contributed by atoms with van der Waals surface area (Å²) in [7, 11) is 0. The summed E-state index contributed by atoms with van der Waals surface area (Å²) in [6, 6.07) is 2.21. The minimum absolute atomic E-state index is 0.106. The second kappa shape index (κ2) is 5.01. The average Bonchev–Trinajstić information content (AvgIpc) is 2.74. The lowest BCUT2D eigenvalue weighted by atomic mass is 10.1. The molecule has 1 fully saturated rings. The Labute approximate surface area is 106 Å². The molecule has 0 saturated carbocycles. The van der Waals surface area contributed by atoms with Gasteiger partial charge in [-0.15, -0.1) is 0 Å². The van der Waals surface area contributed by atoms with E-state index in [1.807, 2.05) is 0 Å². The van der Waals surface area contributed by atoms with Gasteiger partial charge in [-0.1, -0.05) is 0 Å². The van der Waals surface area contributed by atoms with Crippen molar-refractivity contribution in [2.45, 2.75) is 12.5 Å². The molecule has 19 heavy (non-hydrogen) atoms. The van der Waals surface area contributed by atoms with Crippen LogP contribution in [0.25, 0.3) is 0 Å². The minimum Gasteiger partial charge on any atom is -0.354 e. The van der Waals surface area contributed by atoms with Crippen LogP contribution in [0.15, 0.2) is 18.2 Å². The van der Waals surface area contributed by atoms with Crippen molar-refractivity contribution < 1.29 is 18.9 Å². The first-order chi connectivity index (χ1) is 8.97. The highest BCUT2D eigenvalue weighted by Crippen LogP contribution is 2.19. The maximum atomic E-state index is 13.1. The first-order valence-corrected chi connectivity index (χ1v) is 5.49. The number of halogens is 1. The number of nitrogens with one attached hydrogen (secondary N) is 2. The van der Waals surface area contributed by atoms with Gasteiger partial charge < -0.3 is 10.6 Å². The number of carbonyl (C=O) groups is 2. The summed E-state index contributed by atoms with van der Waals surface area (Å²) in [5, 5.41) is 15.7. The molecule has 2 amide bonds. The molecule has 0 aromatic heterocycles. The van der Waals surface area contributed by atoms with Gasteiger partial charge >= 0.3 is 0 Å². The number of benzene rings is 1. The van der Waals surface area contributed by atoms with E-state index in [4.69, 9.17) is 0 Å². The molecule has 8 heteroatoms. The average molecular weight is 267 g/mol. The highest BCUT2D eigenvalue weighted by atomic mass is 19.1. The summed E-state index contributed by atoms with van der Waals surface area (Å²) in [6.45, 7) is 0.258. The minimum atomic E-state index is -0.771. The second-order valence-corrected chi connectivity index (χ2v) is 4.10. The van der Waals surface area contributed by atoms with Crippen molar-refractivity contribution >= 4 is 17.5 Å². The van der Waals surface area contributed by atoms with E-state index in [0.29, 0.717) is 0 Å². The zero-order valence-electron chi connectivity index (χ0n) is 9.68. The smallest absolute Gasteiger partial charge is 0.282 e. The Morgan fingerprint density at radius 2 is 2.26 bits per heavy atom. The molecular formula is C11H10FN3O4. The number of hydrogen-bond donors (Lipinski definition) is 2. The predicted octanol–water partition coefficient (Wildman–Crippen LogP) is 0.352. The van der Waals surface area contributed by atoms with Crippen molar-refractivity contribution in [2.75, 3.05) is 6.54 Å². The van der Waals surface area contributed by atoms with Gasteiger partial charge in [0.05, 0.1) is 11.0 Å². The maximum Gasteiger partial charge on any atom is 0.282 e. The van der Waals surface area contributed by atoms with Crippen molar-refractivity contribution in [3.8, 4) is 0 Å². The van der Waals surface area contributed by atoms with E-state index in [0.717, 1.165) is 18.2 Å². The Hall–Kier alpha value is -2.51. The Balaban J connectivity index is 2.20. The summed E-state index contributed by atoms with van der Waals surface area (Å²) in [5.74, 6) is -1.72. The number of nitro groups is 1. The van der Waals surface area contributed by atoms with Crippen molar-refractivity contribution in [2.24, 2.45) is 0 Å². The second-order valence-electron chi connectivity index (χ2n) is 4.10. The van der Waals surface area contributed by atoms with Crippen LogP contribution in [0.1, 0.15) is 16.8 Å². The first kappa shape index (κ1) is 12.9. The number of rotatable bonds is 3. The Bertz CT molecular complexity index is 561. The van der Waals surface area contributed by atoms with Gasteiger partial charge in [0.15, 0.2) is 0 Å². The molecule has 1 aromatic carbocycles. The lowest BCUT2D eigenvalue weighted by Crippen LogP contribution is -2.36. The summed E-state index contributed by atoms with van der Waals surface area (Å²) >= 11 is 0. The molecule has 1 unspecified atom stereocenters. The zero-order chi connectivity index (χ0) is 14.0. The van der Waals surface area contributed by atoms with Gasteiger partial charge in [-0.2, -0.15) is 0 Å². The molecule has 1 atom stereocenters. The van der Waals surface area contributed by atoms with Gasteiger partial charge in [-0.3, -0.25) is 19.7 Å². The molecule has 2 rings (SSSR count). The quantitative estimate of drug-likeness (QED) is 0.609.